The van der Waals surface area contributed by atoms with Crippen LogP contribution < -0.4 is 10.6 Å². The van der Waals surface area contributed by atoms with Crippen molar-refractivity contribution in [3.05, 3.63) is 45.6 Å². The second-order valence-electron chi connectivity index (χ2n) is 4.84. The average Bonchev–Trinajstić information content (AvgIpc) is 2.98. The maximum absolute atomic E-state index is 12.5. The van der Waals surface area contributed by atoms with Crippen LogP contribution in [0.1, 0.15) is 26.5 Å². The second kappa shape index (κ2) is 4.70. The maximum atomic E-state index is 12.5. The van der Waals surface area contributed by atoms with Gasteiger partial charge in [0, 0.05) is 11.9 Å². The molecule has 1 aliphatic rings. The highest BCUT2D eigenvalue weighted by Crippen LogP contribution is 2.32. The van der Waals surface area contributed by atoms with Crippen LogP contribution in [0.15, 0.2) is 30.3 Å². The van der Waals surface area contributed by atoms with Gasteiger partial charge in [-0.1, -0.05) is 12.1 Å². The Morgan fingerprint density at radius 1 is 1.32 bits per heavy atom. The van der Waals surface area contributed by atoms with E-state index in [2.05, 4.69) is 0 Å². The summed E-state index contributed by atoms with van der Waals surface area (Å²) >= 11 is 1.63. The van der Waals surface area contributed by atoms with Crippen molar-refractivity contribution in [3.8, 4) is 0 Å². The monoisotopic (exact) mass is 272 g/mol. The third-order valence-corrected chi connectivity index (χ3v) is 4.79. The highest BCUT2D eigenvalue weighted by molar-refractivity contribution is 7.14. The number of nitrogen functional groups attached to an aromatic ring is 1. The first-order valence-electron chi connectivity index (χ1n) is 6.41. The van der Waals surface area contributed by atoms with Crippen LogP contribution in [0, 0.1) is 0 Å². The quantitative estimate of drug-likeness (QED) is 0.854. The van der Waals surface area contributed by atoms with Crippen LogP contribution in [0.4, 0.5) is 11.4 Å². The number of carbonyl (C=O) groups excluding carboxylic acids is 1. The van der Waals surface area contributed by atoms with E-state index in [1.165, 1.54) is 16.9 Å². The van der Waals surface area contributed by atoms with Crippen LogP contribution in [0.2, 0.25) is 0 Å². The molecule has 19 heavy (non-hydrogen) atoms. The number of amides is 1. The first kappa shape index (κ1) is 12.2. The molecule has 1 amide bonds. The summed E-state index contributed by atoms with van der Waals surface area (Å²) in [6, 6.07) is 9.49. The highest BCUT2D eigenvalue weighted by Gasteiger charge is 2.21. The SMILES string of the molecule is CN(C(=O)c1cc2c(s1)CCC2)c1ccccc1N. The normalized spacial score (nSPS) is 13.3. The Kier molecular flexibility index (Phi) is 3.03. The van der Waals surface area contributed by atoms with Gasteiger partial charge in [-0.05, 0) is 43.0 Å². The van der Waals surface area contributed by atoms with Gasteiger partial charge < -0.3 is 10.6 Å². The lowest BCUT2D eigenvalue weighted by molar-refractivity contribution is 0.0997. The van der Waals surface area contributed by atoms with Crippen molar-refractivity contribution in [2.75, 3.05) is 17.7 Å². The van der Waals surface area contributed by atoms with Gasteiger partial charge >= 0.3 is 0 Å². The van der Waals surface area contributed by atoms with E-state index in [0.717, 1.165) is 23.4 Å². The van der Waals surface area contributed by atoms with E-state index in [1.807, 2.05) is 30.3 Å². The molecular formula is C15H16N2OS. The number of hydrogen-bond acceptors (Lipinski definition) is 3. The number of thiophene rings is 1. The smallest absolute Gasteiger partial charge is 0.268 e. The van der Waals surface area contributed by atoms with Crippen molar-refractivity contribution >= 4 is 28.6 Å². The fourth-order valence-electron chi connectivity index (χ4n) is 2.50. The highest BCUT2D eigenvalue weighted by atomic mass is 32.1. The van der Waals surface area contributed by atoms with Crippen molar-refractivity contribution in [1.29, 1.82) is 0 Å². The molecule has 4 heteroatoms. The third kappa shape index (κ3) is 2.12. The Morgan fingerprint density at radius 2 is 2.11 bits per heavy atom. The van der Waals surface area contributed by atoms with E-state index in [4.69, 9.17) is 5.73 Å². The number of fused-ring (bicyclic) bond motifs is 1. The van der Waals surface area contributed by atoms with Crippen LogP contribution in [0.5, 0.6) is 0 Å². The first-order chi connectivity index (χ1) is 9.16. The number of aryl methyl sites for hydroxylation is 2. The molecule has 3 rings (SSSR count). The van der Waals surface area contributed by atoms with Crippen LogP contribution >= 0.6 is 11.3 Å². The molecule has 3 nitrogen and oxygen atoms in total. The van der Waals surface area contributed by atoms with E-state index in [9.17, 15) is 4.79 Å². The number of nitrogens with zero attached hydrogens (tertiary/aromatic N) is 1. The molecule has 98 valence electrons. The first-order valence-corrected chi connectivity index (χ1v) is 7.22. The molecular weight excluding hydrogens is 256 g/mol. The molecule has 0 spiro atoms. The molecule has 1 aromatic heterocycles. The second-order valence-corrected chi connectivity index (χ2v) is 5.97. The lowest BCUT2D eigenvalue weighted by atomic mass is 10.2. The summed E-state index contributed by atoms with van der Waals surface area (Å²) < 4.78 is 0. The van der Waals surface area contributed by atoms with Gasteiger partial charge in [-0.25, -0.2) is 0 Å². The molecule has 0 bridgehead atoms. The summed E-state index contributed by atoms with van der Waals surface area (Å²) in [4.78, 5) is 16.3. The molecule has 2 N–H and O–H groups in total. The molecule has 0 saturated carbocycles. The van der Waals surface area contributed by atoms with E-state index >= 15 is 0 Å². The molecule has 1 heterocycles. The molecule has 2 aromatic rings. The molecule has 0 atom stereocenters. The van der Waals surface area contributed by atoms with Crippen molar-refractivity contribution < 1.29 is 4.79 Å². The summed E-state index contributed by atoms with van der Waals surface area (Å²) in [7, 11) is 1.78. The van der Waals surface area contributed by atoms with Crippen molar-refractivity contribution in [2.45, 2.75) is 19.3 Å². The molecule has 1 aromatic carbocycles. The summed E-state index contributed by atoms with van der Waals surface area (Å²) in [5.74, 6) is 0.0253. The predicted octanol–water partition coefficient (Wildman–Crippen LogP) is 3.10. The Bertz CT molecular complexity index is 611. The summed E-state index contributed by atoms with van der Waals surface area (Å²) in [5.41, 5.74) is 8.66. The van der Waals surface area contributed by atoms with E-state index in [1.54, 1.807) is 23.3 Å². The van der Waals surface area contributed by atoms with Crippen LogP contribution in [-0.2, 0) is 12.8 Å². The van der Waals surface area contributed by atoms with Gasteiger partial charge in [-0.3, -0.25) is 4.79 Å². The van der Waals surface area contributed by atoms with Gasteiger partial charge in [-0.2, -0.15) is 0 Å². The van der Waals surface area contributed by atoms with Crippen LogP contribution in [0.25, 0.3) is 0 Å². The zero-order valence-electron chi connectivity index (χ0n) is 10.8. The number of rotatable bonds is 2. The van der Waals surface area contributed by atoms with Gasteiger partial charge in [0.05, 0.1) is 16.3 Å². The minimum absolute atomic E-state index is 0.0253. The molecule has 0 unspecified atom stereocenters. The number of carbonyl (C=O) groups is 1. The summed E-state index contributed by atoms with van der Waals surface area (Å²) in [6.45, 7) is 0. The fraction of sp³-hybridized carbons (Fsp3) is 0.267. The Hall–Kier alpha value is -1.81. The number of nitrogens with two attached hydrogens (primary N) is 1. The van der Waals surface area contributed by atoms with Crippen molar-refractivity contribution in [2.24, 2.45) is 0 Å². The number of anilines is 2. The Labute approximate surface area is 116 Å². The van der Waals surface area contributed by atoms with Crippen LogP contribution in [-0.4, -0.2) is 13.0 Å². The van der Waals surface area contributed by atoms with E-state index in [-0.39, 0.29) is 5.91 Å². The number of para-hydroxylation sites is 2. The van der Waals surface area contributed by atoms with Gasteiger partial charge in [0.15, 0.2) is 0 Å². The van der Waals surface area contributed by atoms with Crippen LogP contribution in [0.3, 0.4) is 0 Å². The van der Waals surface area contributed by atoms with Gasteiger partial charge in [-0.15, -0.1) is 11.3 Å². The van der Waals surface area contributed by atoms with Crippen molar-refractivity contribution in [1.82, 2.24) is 0 Å². The topological polar surface area (TPSA) is 46.3 Å². The minimum Gasteiger partial charge on any atom is -0.397 e. The molecule has 0 aliphatic heterocycles. The largest absolute Gasteiger partial charge is 0.397 e. The lowest BCUT2D eigenvalue weighted by Gasteiger charge is -2.18. The zero-order chi connectivity index (χ0) is 13.4. The standard InChI is InChI=1S/C15H16N2OS/c1-17(12-7-3-2-6-11(12)16)15(18)14-9-10-5-4-8-13(10)19-14/h2-3,6-7,9H,4-5,8,16H2,1H3. The molecule has 0 saturated heterocycles. The number of hydrogen-bond donors (Lipinski definition) is 1. The lowest BCUT2D eigenvalue weighted by Crippen LogP contribution is -2.26. The summed E-state index contributed by atoms with van der Waals surface area (Å²) in [5, 5.41) is 0. The van der Waals surface area contributed by atoms with E-state index in [0.29, 0.717) is 5.69 Å². The minimum atomic E-state index is 0.0253. The van der Waals surface area contributed by atoms with Gasteiger partial charge in [0.25, 0.3) is 5.91 Å². The maximum Gasteiger partial charge on any atom is 0.268 e. The predicted molar refractivity (Wildman–Crippen MR) is 79.9 cm³/mol. The molecule has 0 fully saturated rings. The number of benzene rings is 1. The molecule has 0 radical (unpaired) electrons. The van der Waals surface area contributed by atoms with Gasteiger partial charge in [0.2, 0.25) is 0 Å². The zero-order valence-corrected chi connectivity index (χ0v) is 11.7. The fourth-order valence-corrected chi connectivity index (χ4v) is 3.73. The Balaban J connectivity index is 1.89. The van der Waals surface area contributed by atoms with Gasteiger partial charge in [0.1, 0.15) is 0 Å². The average molecular weight is 272 g/mol. The van der Waals surface area contributed by atoms with Crippen molar-refractivity contribution in [3.63, 3.8) is 0 Å². The van der Waals surface area contributed by atoms with E-state index < -0.39 is 0 Å². The molecule has 1 aliphatic carbocycles. The Morgan fingerprint density at radius 3 is 2.84 bits per heavy atom. The summed E-state index contributed by atoms with van der Waals surface area (Å²) in [6.07, 6.45) is 3.44. The third-order valence-electron chi connectivity index (χ3n) is 3.56.